The Kier molecular flexibility index (Phi) is 4.21. The summed E-state index contributed by atoms with van der Waals surface area (Å²) in [6, 6.07) is 1.56. The number of amides is 2. The number of pyridine rings is 1. The second-order valence-corrected chi connectivity index (χ2v) is 4.64. The molecule has 0 bridgehead atoms. The number of carbonyl (C=O) groups is 2. The Morgan fingerprint density at radius 3 is 3.05 bits per heavy atom. The lowest BCUT2D eigenvalue weighted by molar-refractivity contribution is -0.121. The smallest absolute Gasteiger partial charge is 0.255 e. The van der Waals surface area contributed by atoms with E-state index >= 15 is 0 Å². The molecule has 0 atom stereocenters. The van der Waals surface area contributed by atoms with Crippen molar-refractivity contribution in [3.63, 3.8) is 0 Å². The van der Waals surface area contributed by atoms with Crippen LogP contribution < -0.4 is 10.6 Å². The summed E-state index contributed by atoms with van der Waals surface area (Å²) in [4.78, 5) is 29.3. The quantitative estimate of drug-likeness (QED) is 0.839. The van der Waals surface area contributed by atoms with Gasteiger partial charge in [-0.05, 0) is 12.5 Å². The van der Waals surface area contributed by atoms with Gasteiger partial charge >= 0.3 is 0 Å². The third-order valence-electron chi connectivity index (χ3n) is 2.87. The minimum absolute atomic E-state index is 0.0736. The molecular weight excluding hydrogens is 268 g/mol. The first kappa shape index (κ1) is 13.6. The fraction of sp³-hybridized carbons (Fsp3) is 0.417. The highest BCUT2D eigenvalue weighted by Crippen LogP contribution is 2.20. The van der Waals surface area contributed by atoms with Gasteiger partial charge in [-0.3, -0.25) is 9.59 Å². The zero-order valence-electron chi connectivity index (χ0n) is 10.6. The third-order valence-corrected chi connectivity index (χ3v) is 3.16. The normalized spacial score (nSPS) is 15.7. The van der Waals surface area contributed by atoms with Gasteiger partial charge in [-0.2, -0.15) is 0 Å². The van der Waals surface area contributed by atoms with Gasteiger partial charge in [0.25, 0.3) is 5.91 Å². The molecule has 1 aliphatic heterocycles. The first-order valence-corrected chi connectivity index (χ1v) is 6.39. The van der Waals surface area contributed by atoms with Crippen LogP contribution in [0.5, 0.6) is 0 Å². The van der Waals surface area contributed by atoms with Crippen LogP contribution in [0.3, 0.4) is 0 Å². The van der Waals surface area contributed by atoms with Crippen molar-refractivity contribution in [2.24, 2.45) is 0 Å². The van der Waals surface area contributed by atoms with Crippen LogP contribution in [0.2, 0.25) is 5.02 Å². The van der Waals surface area contributed by atoms with E-state index in [1.54, 1.807) is 13.1 Å². The van der Waals surface area contributed by atoms with Gasteiger partial charge in [0.2, 0.25) is 5.91 Å². The molecule has 1 saturated heterocycles. The minimum Gasteiger partial charge on any atom is -0.372 e. The predicted molar refractivity (Wildman–Crippen MR) is 72.3 cm³/mol. The molecule has 2 N–H and O–H groups in total. The molecule has 0 spiro atoms. The van der Waals surface area contributed by atoms with Gasteiger partial charge in [0, 0.05) is 26.3 Å². The Hall–Kier alpha value is -1.82. The molecule has 6 nitrogen and oxygen atoms in total. The van der Waals surface area contributed by atoms with Crippen LogP contribution in [0.25, 0.3) is 0 Å². The number of halogens is 1. The van der Waals surface area contributed by atoms with Crippen LogP contribution in [0.4, 0.5) is 5.82 Å². The van der Waals surface area contributed by atoms with E-state index in [1.165, 1.54) is 11.1 Å². The summed E-state index contributed by atoms with van der Waals surface area (Å²) in [6.07, 6.45) is 2.20. The van der Waals surface area contributed by atoms with Gasteiger partial charge in [0.1, 0.15) is 5.82 Å². The molecule has 0 unspecified atom stereocenters. The molecule has 2 heterocycles. The number of nitrogens with one attached hydrogen (secondary N) is 2. The Morgan fingerprint density at radius 1 is 1.58 bits per heavy atom. The van der Waals surface area contributed by atoms with E-state index < -0.39 is 0 Å². The van der Waals surface area contributed by atoms with E-state index in [-0.39, 0.29) is 18.4 Å². The van der Waals surface area contributed by atoms with Crippen molar-refractivity contribution in [3.05, 3.63) is 22.8 Å². The zero-order chi connectivity index (χ0) is 13.8. The standard InChI is InChI=1S/C12H15ClN4O2/c1-14-11-9(13)5-8(6-16-11)12(19)17-4-2-3-15-10(18)7-17/h5-6H,2-4,7H2,1H3,(H,14,16)(H,15,18). The van der Waals surface area contributed by atoms with E-state index in [2.05, 4.69) is 15.6 Å². The first-order chi connectivity index (χ1) is 9.11. The summed E-state index contributed by atoms with van der Waals surface area (Å²) < 4.78 is 0. The average molecular weight is 283 g/mol. The fourth-order valence-corrected chi connectivity index (χ4v) is 2.16. The number of hydrogen-bond donors (Lipinski definition) is 2. The molecule has 0 aromatic carbocycles. The first-order valence-electron chi connectivity index (χ1n) is 6.01. The van der Waals surface area contributed by atoms with Crippen LogP contribution in [0.15, 0.2) is 12.3 Å². The lowest BCUT2D eigenvalue weighted by Crippen LogP contribution is -2.37. The Labute approximate surface area is 116 Å². The number of anilines is 1. The van der Waals surface area contributed by atoms with Crippen LogP contribution in [-0.2, 0) is 4.79 Å². The van der Waals surface area contributed by atoms with Crippen molar-refractivity contribution in [2.75, 3.05) is 32.0 Å². The van der Waals surface area contributed by atoms with Gasteiger partial charge < -0.3 is 15.5 Å². The number of nitrogens with zero attached hydrogens (tertiary/aromatic N) is 2. The summed E-state index contributed by atoms with van der Waals surface area (Å²) in [5.41, 5.74) is 0.388. The van der Waals surface area contributed by atoms with E-state index in [0.29, 0.717) is 29.5 Å². The van der Waals surface area contributed by atoms with Crippen molar-refractivity contribution in [1.82, 2.24) is 15.2 Å². The van der Waals surface area contributed by atoms with Crippen molar-refractivity contribution in [1.29, 1.82) is 0 Å². The second kappa shape index (κ2) is 5.88. The Morgan fingerprint density at radius 2 is 2.37 bits per heavy atom. The van der Waals surface area contributed by atoms with E-state index in [1.807, 2.05) is 0 Å². The van der Waals surface area contributed by atoms with Crippen LogP contribution >= 0.6 is 11.6 Å². The summed E-state index contributed by atoms with van der Waals surface area (Å²) in [7, 11) is 1.70. The topological polar surface area (TPSA) is 74.3 Å². The zero-order valence-corrected chi connectivity index (χ0v) is 11.3. The average Bonchev–Trinajstić information content (AvgIpc) is 2.62. The van der Waals surface area contributed by atoms with Crippen molar-refractivity contribution >= 4 is 29.2 Å². The lowest BCUT2D eigenvalue weighted by Gasteiger charge is -2.19. The van der Waals surface area contributed by atoms with Gasteiger partial charge in [0.05, 0.1) is 17.1 Å². The number of carbonyl (C=O) groups excluding carboxylic acids is 2. The molecular formula is C12H15ClN4O2. The highest BCUT2D eigenvalue weighted by molar-refractivity contribution is 6.33. The highest BCUT2D eigenvalue weighted by Gasteiger charge is 2.21. The predicted octanol–water partition coefficient (Wildman–Crippen LogP) is 0.739. The fourth-order valence-electron chi connectivity index (χ4n) is 1.90. The molecule has 2 rings (SSSR count). The molecule has 19 heavy (non-hydrogen) atoms. The molecule has 1 fully saturated rings. The van der Waals surface area contributed by atoms with Crippen LogP contribution in [0, 0.1) is 0 Å². The monoisotopic (exact) mass is 282 g/mol. The Bertz CT molecular complexity index is 507. The maximum absolute atomic E-state index is 12.3. The van der Waals surface area contributed by atoms with E-state index in [0.717, 1.165) is 6.42 Å². The highest BCUT2D eigenvalue weighted by atomic mass is 35.5. The molecule has 1 aliphatic rings. The molecule has 2 amide bonds. The van der Waals surface area contributed by atoms with E-state index in [9.17, 15) is 9.59 Å². The summed E-state index contributed by atoms with van der Waals surface area (Å²) in [5.74, 6) is 0.151. The van der Waals surface area contributed by atoms with Crippen molar-refractivity contribution in [3.8, 4) is 0 Å². The largest absolute Gasteiger partial charge is 0.372 e. The summed E-state index contributed by atoms with van der Waals surface area (Å²) >= 11 is 6.00. The lowest BCUT2D eigenvalue weighted by atomic mass is 10.2. The van der Waals surface area contributed by atoms with Gasteiger partial charge in [-0.25, -0.2) is 4.98 Å². The van der Waals surface area contributed by atoms with Gasteiger partial charge in [-0.1, -0.05) is 11.6 Å². The number of hydrogen-bond acceptors (Lipinski definition) is 4. The van der Waals surface area contributed by atoms with Crippen LogP contribution in [-0.4, -0.2) is 48.4 Å². The number of rotatable bonds is 2. The molecule has 7 heteroatoms. The maximum atomic E-state index is 12.3. The summed E-state index contributed by atoms with van der Waals surface area (Å²) in [5, 5.41) is 5.93. The minimum atomic E-state index is -0.228. The third kappa shape index (κ3) is 3.14. The number of aromatic nitrogens is 1. The molecule has 0 saturated carbocycles. The maximum Gasteiger partial charge on any atom is 0.255 e. The second-order valence-electron chi connectivity index (χ2n) is 4.23. The molecule has 1 aromatic rings. The molecule has 0 aliphatic carbocycles. The molecule has 102 valence electrons. The van der Waals surface area contributed by atoms with Gasteiger partial charge in [-0.15, -0.1) is 0 Å². The molecule has 0 radical (unpaired) electrons. The van der Waals surface area contributed by atoms with Crippen LogP contribution in [0.1, 0.15) is 16.8 Å². The van der Waals surface area contributed by atoms with E-state index in [4.69, 9.17) is 11.6 Å². The Balaban J connectivity index is 2.18. The van der Waals surface area contributed by atoms with Crippen molar-refractivity contribution < 1.29 is 9.59 Å². The SMILES string of the molecule is CNc1ncc(C(=O)N2CCCNC(=O)C2)cc1Cl. The van der Waals surface area contributed by atoms with Crippen molar-refractivity contribution in [2.45, 2.75) is 6.42 Å². The summed E-state index contributed by atoms with van der Waals surface area (Å²) in [6.45, 7) is 1.22. The van der Waals surface area contributed by atoms with Gasteiger partial charge in [0.15, 0.2) is 0 Å². The molecule has 1 aromatic heterocycles.